The molecule has 0 atom stereocenters. The number of hydrogen-bond acceptors (Lipinski definition) is 2. The third kappa shape index (κ3) is 1.85. The number of fused-ring (bicyclic) bond motifs is 1. The lowest BCUT2D eigenvalue weighted by molar-refractivity contribution is -0.115. The summed E-state index contributed by atoms with van der Waals surface area (Å²) in [5.41, 5.74) is 3.92. The molecule has 1 N–H and O–H groups in total. The van der Waals surface area contributed by atoms with Crippen LogP contribution in [0, 0.1) is 0 Å². The third-order valence-corrected chi connectivity index (χ3v) is 2.81. The van der Waals surface area contributed by atoms with Crippen LogP contribution in [0.2, 0.25) is 0 Å². The Morgan fingerprint density at radius 1 is 1.40 bits per heavy atom. The summed E-state index contributed by atoms with van der Waals surface area (Å²) in [4.78, 5) is 11.7. The summed E-state index contributed by atoms with van der Waals surface area (Å²) in [5, 5.41) is 9.00. The van der Waals surface area contributed by atoms with Gasteiger partial charge < -0.3 is 5.11 Å². The largest absolute Gasteiger partial charge is 0.392 e. The van der Waals surface area contributed by atoms with Gasteiger partial charge in [-0.3, -0.25) is 4.79 Å². The summed E-state index contributed by atoms with van der Waals surface area (Å²) in [5.74, 6) is 0.208. The van der Waals surface area contributed by atoms with Crippen molar-refractivity contribution in [3.05, 3.63) is 40.5 Å². The molecule has 0 spiro atoms. The summed E-state index contributed by atoms with van der Waals surface area (Å²) in [7, 11) is 0. The van der Waals surface area contributed by atoms with E-state index in [-0.39, 0.29) is 12.4 Å². The third-order valence-electron chi connectivity index (χ3n) is 2.81. The topological polar surface area (TPSA) is 37.3 Å². The van der Waals surface area contributed by atoms with E-state index in [9.17, 15) is 4.79 Å². The lowest BCUT2D eigenvalue weighted by Gasteiger charge is -2.15. The average molecular weight is 202 g/mol. The van der Waals surface area contributed by atoms with Crippen LogP contribution in [-0.4, -0.2) is 10.9 Å². The zero-order valence-electron chi connectivity index (χ0n) is 8.79. The number of rotatable bonds is 2. The van der Waals surface area contributed by atoms with Gasteiger partial charge in [0, 0.05) is 6.42 Å². The van der Waals surface area contributed by atoms with Crippen molar-refractivity contribution >= 4 is 11.9 Å². The minimum atomic E-state index is 0.0336. The molecule has 2 rings (SSSR count). The van der Waals surface area contributed by atoms with E-state index in [0.717, 1.165) is 28.7 Å². The molecule has 0 aromatic heterocycles. The molecule has 1 aromatic carbocycles. The molecular formula is C13H14O2. The summed E-state index contributed by atoms with van der Waals surface area (Å²) in [6.07, 6.45) is 3.23. The van der Waals surface area contributed by atoms with E-state index in [1.165, 1.54) is 0 Å². The standard InChI is InChI=1S/C13H14O2/c1-2-10-6-11-4-3-9(8-14)5-12(11)7-13(10)15/h3-6,14H,2,7-8H2,1H3. The number of hydrogen-bond donors (Lipinski definition) is 1. The number of allylic oxidation sites excluding steroid dienone is 1. The Hall–Kier alpha value is -1.41. The number of carbonyl (C=O) groups is 1. The predicted octanol–water partition coefficient (Wildman–Crippen LogP) is 2.10. The Morgan fingerprint density at radius 2 is 2.20 bits per heavy atom. The zero-order valence-corrected chi connectivity index (χ0v) is 8.79. The first-order valence-corrected chi connectivity index (χ1v) is 5.21. The first-order chi connectivity index (χ1) is 7.24. The Morgan fingerprint density at radius 3 is 2.87 bits per heavy atom. The molecule has 0 heterocycles. The van der Waals surface area contributed by atoms with Gasteiger partial charge in [-0.05, 0) is 34.8 Å². The van der Waals surface area contributed by atoms with Crippen LogP contribution in [0.15, 0.2) is 23.8 Å². The van der Waals surface area contributed by atoms with Crippen molar-refractivity contribution in [2.75, 3.05) is 0 Å². The molecule has 2 nitrogen and oxygen atoms in total. The van der Waals surface area contributed by atoms with Crippen LogP contribution in [0.4, 0.5) is 0 Å². The average Bonchev–Trinajstić information content (AvgIpc) is 2.27. The number of Topliss-reactive ketones (excluding diaryl/α,β-unsaturated/α-hetero) is 1. The second-order valence-electron chi connectivity index (χ2n) is 3.81. The van der Waals surface area contributed by atoms with Gasteiger partial charge in [-0.1, -0.05) is 25.1 Å². The fourth-order valence-electron chi connectivity index (χ4n) is 1.91. The monoisotopic (exact) mass is 202 g/mol. The van der Waals surface area contributed by atoms with E-state index in [4.69, 9.17) is 5.11 Å². The number of aliphatic hydroxyl groups excluding tert-OH is 1. The molecule has 2 heteroatoms. The van der Waals surface area contributed by atoms with Gasteiger partial charge in [-0.25, -0.2) is 0 Å². The minimum Gasteiger partial charge on any atom is -0.392 e. The molecule has 0 unspecified atom stereocenters. The Balaban J connectivity index is 2.45. The summed E-state index contributed by atoms with van der Waals surface area (Å²) < 4.78 is 0. The normalized spacial score (nSPS) is 14.8. The van der Waals surface area contributed by atoms with E-state index in [1.807, 2.05) is 31.2 Å². The molecule has 0 radical (unpaired) electrons. The molecule has 0 fully saturated rings. The predicted molar refractivity (Wildman–Crippen MR) is 59.3 cm³/mol. The molecule has 1 aromatic rings. The van der Waals surface area contributed by atoms with Crippen molar-refractivity contribution in [2.45, 2.75) is 26.4 Å². The second kappa shape index (κ2) is 3.99. The summed E-state index contributed by atoms with van der Waals surface area (Å²) in [6.45, 7) is 2.03. The lowest BCUT2D eigenvalue weighted by Crippen LogP contribution is -2.12. The summed E-state index contributed by atoms with van der Waals surface area (Å²) in [6, 6.07) is 5.79. The van der Waals surface area contributed by atoms with Crippen molar-refractivity contribution in [1.29, 1.82) is 0 Å². The van der Waals surface area contributed by atoms with E-state index in [2.05, 4.69) is 0 Å². The zero-order chi connectivity index (χ0) is 10.8. The van der Waals surface area contributed by atoms with E-state index in [0.29, 0.717) is 6.42 Å². The molecule has 0 amide bonds. The van der Waals surface area contributed by atoms with Crippen molar-refractivity contribution in [1.82, 2.24) is 0 Å². The maximum atomic E-state index is 11.7. The maximum absolute atomic E-state index is 11.7. The van der Waals surface area contributed by atoms with Gasteiger partial charge >= 0.3 is 0 Å². The molecule has 78 valence electrons. The molecule has 0 saturated carbocycles. The molecular weight excluding hydrogens is 188 g/mol. The highest BCUT2D eigenvalue weighted by atomic mass is 16.3. The van der Waals surface area contributed by atoms with Crippen molar-refractivity contribution in [2.24, 2.45) is 0 Å². The van der Waals surface area contributed by atoms with E-state index >= 15 is 0 Å². The lowest BCUT2D eigenvalue weighted by atomic mass is 9.89. The highest BCUT2D eigenvalue weighted by Gasteiger charge is 2.16. The van der Waals surface area contributed by atoms with Crippen LogP contribution in [-0.2, 0) is 17.8 Å². The van der Waals surface area contributed by atoms with E-state index in [1.54, 1.807) is 0 Å². The van der Waals surface area contributed by atoms with Gasteiger partial charge in [-0.15, -0.1) is 0 Å². The van der Waals surface area contributed by atoms with Crippen LogP contribution >= 0.6 is 0 Å². The van der Waals surface area contributed by atoms with E-state index < -0.39 is 0 Å². The molecule has 0 aliphatic heterocycles. The first-order valence-electron chi connectivity index (χ1n) is 5.21. The minimum absolute atomic E-state index is 0.0336. The molecule has 0 saturated heterocycles. The number of carbonyl (C=O) groups excluding carboxylic acids is 1. The van der Waals surface area contributed by atoms with Gasteiger partial charge in [0.1, 0.15) is 0 Å². The molecule has 1 aliphatic rings. The highest BCUT2D eigenvalue weighted by Crippen LogP contribution is 2.24. The van der Waals surface area contributed by atoms with Crippen LogP contribution in [0.25, 0.3) is 6.08 Å². The maximum Gasteiger partial charge on any atom is 0.163 e. The van der Waals surface area contributed by atoms with Crippen LogP contribution in [0.3, 0.4) is 0 Å². The summed E-state index contributed by atoms with van der Waals surface area (Å²) >= 11 is 0. The van der Waals surface area contributed by atoms with Gasteiger partial charge in [0.2, 0.25) is 0 Å². The molecule has 0 bridgehead atoms. The SMILES string of the molecule is CCC1=Cc2ccc(CO)cc2CC1=O. The van der Waals surface area contributed by atoms with Gasteiger partial charge in [-0.2, -0.15) is 0 Å². The Bertz CT molecular complexity index is 430. The van der Waals surface area contributed by atoms with Gasteiger partial charge in [0.05, 0.1) is 6.61 Å². The van der Waals surface area contributed by atoms with Crippen molar-refractivity contribution in [3.8, 4) is 0 Å². The fourth-order valence-corrected chi connectivity index (χ4v) is 1.91. The fraction of sp³-hybridized carbons (Fsp3) is 0.308. The van der Waals surface area contributed by atoms with Crippen LogP contribution < -0.4 is 0 Å². The molecule has 1 aliphatic carbocycles. The van der Waals surface area contributed by atoms with Crippen LogP contribution in [0.1, 0.15) is 30.0 Å². The quantitative estimate of drug-likeness (QED) is 0.797. The first kappa shape index (κ1) is 10.1. The highest BCUT2D eigenvalue weighted by molar-refractivity contribution is 6.03. The second-order valence-corrected chi connectivity index (χ2v) is 3.81. The number of ketones is 1. The van der Waals surface area contributed by atoms with Gasteiger partial charge in [0.25, 0.3) is 0 Å². The van der Waals surface area contributed by atoms with Crippen LogP contribution in [0.5, 0.6) is 0 Å². The number of benzene rings is 1. The smallest absolute Gasteiger partial charge is 0.163 e. The van der Waals surface area contributed by atoms with Crippen molar-refractivity contribution in [3.63, 3.8) is 0 Å². The number of aliphatic hydroxyl groups is 1. The Kier molecular flexibility index (Phi) is 2.69. The Labute approximate surface area is 89.2 Å². The van der Waals surface area contributed by atoms with Gasteiger partial charge in [0.15, 0.2) is 5.78 Å². The van der Waals surface area contributed by atoms with Crippen molar-refractivity contribution < 1.29 is 9.90 Å². The molecule has 15 heavy (non-hydrogen) atoms.